The molecule has 0 aliphatic rings. The van der Waals surface area contributed by atoms with Crippen molar-refractivity contribution in [3.63, 3.8) is 0 Å². The summed E-state index contributed by atoms with van der Waals surface area (Å²) < 4.78 is 6.27. The van der Waals surface area contributed by atoms with Crippen LogP contribution in [0.2, 0.25) is 0 Å². The number of fused-ring (bicyclic) bond motifs is 5. The van der Waals surface area contributed by atoms with Crippen molar-refractivity contribution >= 4 is 54.3 Å². The Morgan fingerprint density at radius 1 is 0.319 bits per heavy atom. The van der Waals surface area contributed by atoms with E-state index in [4.69, 9.17) is 19.4 Å². The average molecular weight is 600 g/mol. The molecule has 4 nitrogen and oxygen atoms in total. The van der Waals surface area contributed by atoms with Crippen molar-refractivity contribution in [2.45, 2.75) is 0 Å². The molecule has 47 heavy (non-hydrogen) atoms. The number of furan rings is 1. The van der Waals surface area contributed by atoms with Crippen molar-refractivity contribution in [3.8, 4) is 45.3 Å². The van der Waals surface area contributed by atoms with Gasteiger partial charge in [0, 0.05) is 27.5 Å². The highest BCUT2D eigenvalue weighted by atomic mass is 16.3. The first-order chi connectivity index (χ1) is 23.3. The molecule has 0 aliphatic carbocycles. The van der Waals surface area contributed by atoms with Crippen molar-refractivity contribution in [2.75, 3.05) is 0 Å². The zero-order valence-electron chi connectivity index (χ0n) is 25.2. The maximum atomic E-state index is 6.27. The number of hydrogen-bond acceptors (Lipinski definition) is 4. The second-order valence-electron chi connectivity index (χ2n) is 12.0. The molecule has 10 rings (SSSR count). The van der Waals surface area contributed by atoms with Gasteiger partial charge < -0.3 is 4.42 Å². The minimum absolute atomic E-state index is 0.646. The van der Waals surface area contributed by atoms with Gasteiger partial charge in [-0.25, -0.2) is 15.0 Å². The van der Waals surface area contributed by atoms with Crippen LogP contribution in [0.3, 0.4) is 0 Å². The quantitative estimate of drug-likeness (QED) is 0.189. The van der Waals surface area contributed by atoms with E-state index in [2.05, 4.69) is 91.0 Å². The Labute approximate surface area is 270 Å². The van der Waals surface area contributed by atoms with Crippen LogP contribution in [0.15, 0.2) is 156 Å². The second-order valence-corrected chi connectivity index (χ2v) is 12.0. The van der Waals surface area contributed by atoms with E-state index in [1.165, 1.54) is 43.1 Å². The highest BCUT2D eigenvalue weighted by molar-refractivity contribution is 6.36. The molecule has 0 atom stereocenters. The van der Waals surface area contributed by atoms with Gasteiger partial charge in [-0.1, -0.05) is 127 Å². The van der Waals surface area contributed by atoms with Crippen LogP contribution >= 0.6 is 0 Å². The third kappa shape index (κ3) is 4.05. The summed E-state index contributed by atoms with van der Waals surface area (Å²) in [7, 11) is 0. The number of rotatable bonds is 4. The minimum atomic E-state index is 0.646. The van der Waals surface area contributed by atoms with Crippen LogP contribution < -0.4 is 0 Å². The molecule has 2 aromatic heterocycles. The van der Waals surface area contributed by atoms with Gasteiger partial charge in [-0.2, -0.15) is 0 Å². The van der Waals surface area contributed by atoms with E-state index >= 15 is 0 Å². The van der Waals surface area contributed by atoms with E-state index in [9.17, 15) is 0 Å². The smallest absolute Gasteiger partial charge is 0.164 e. The van der Waals surface area contributed by atoms with E-state index in [0.717, 1.165) is 39.0 Å². The summed E-state index contributed by atoms with van der Waals surface area (Å²) in [6.07, 6.45) is 0. The predicted octanol–water partition coefficient (Wildman–Crippen LogP) is 11.3. The Hall–Kier alpha value is -6.39. The lowest BCUT2D eigenvalue weighted by Crippen LogP contribution is -2.00. The van der Waals surface area contributed by atoms with Crippen molar-refractivity contribution in [1.82, 2.24) is 15.0 Å². The number of aromatic nitrogens is 3. The van der Waals surface area contributed by atoms with Crippen LogP contribution in [0, 0.1) is 0 Å². The molecule has 0 spiro atoms. The molecule has 0 saturated carbocycles. The molecule has 0 amide bonds. The normalized spacial score (nSPS) is 11.8. The molecule has 0 fully saturated rings. The molecule has 218 valence electrons. The molecule has 2 heterocycles. The zero-order chi connectivity index (χ0) is 30.9. The fourth-order valence-corrected chi connectivity index (χ4v) is 7.10. The second kappa shape index (κ2) is 10.1. The van der Waals surface area contributed by atoms with Crippen molar-refractivity contribution in [3.05, 3.63) is 152 Å². The molecule has 0 aliphatic heterocycles. The fourth-order valence-electron chi connectivity index (χ4n) is 7.10. The topological polar surface area (TPSA) is 51.8 Å². The lowest BCUT2D eigenvalue weighted by molar-refractivity contribution is 0.669. The van der Waals surface area contributed by atoms with Crippen LogP contribution in [0.25, 0.3) is 99.5 Å². The summed E-state index contributed by atoms with van der Waals surface area (Å²) in [6.45, 7) is 0. The Kier molecular flexibility index (Phi) is 5.54. The van der Waals surface area contributed by atoms with Gasteiger partial charge in [0.2, 0.25) is 0 Å². The lowest BCUT2D eigenvalue weighted by Gasteiger charge is -2.13. The summed E-state index contributed by atoms with van der Waals surface area (Å²) in [5, 5.41) is 9.82. The highest BCUT2D eigenvalue weighted by Gasteiger charge is 2.18. The van der Waals surface area contributed by atoms with Gasteiger partial charge in [-0.05, 0) is 67.7 Å². The maximum absolute atomic E-state index is 6.27. The SMILES string of the molecule is c1ccc(-c2nc(-c3ccccc3)nc(-c3cccc(-c4ccc5c(ccc6c7cccc8oc9cccc(c56)c9c87)c4)c3)n2)cc1. The monoisotopic (exact) mass is 599 g/mol. The van der Waals surface area contributed by atoms with Crippen molar-refractivity contribution in [1.29, 1.82) is 0 Å². The first-order valence-corrected chi connectivity index (χ1v) is 15.8. The molecule has 0 radical (unpaired) electrons. The molecule has 4 heteroatoms. The fraction of sp³-hybridized carbons (Fsp3) is 0. The molecule has 0 saturated heterocycles. The van der Waals surface area contributed by atoms with Gasteiger partial charge in [-0.3, -0.25) is 0 Å². The Morgan fingerprint density at radius 2 is 0.830 bits per heavy atom. The van der Waals surface area contributed by atoms with Gasteiger partial charge in [0.15, 0.2) is 17.5 Å². The van der Waals surface area contributed by atoms with E-state index in [0.29, 0.717) is 17.5 Å². The van der Waals surface area contributed by atoms with Crippen LogP contribution in [0.4, 0.5) is 0 Å². The Bertz CT molecular complexity index is 2730. The van der Waals surface area contributed by atoms with Crippen molar-refractivity contribution < 1.29 is 4.42 Å². The average Bonchev–Trinajstić information content (AvgIpc) is 3.54. The van der Waals surface area contributed by atoms with Gasteiger partial charge in [0.1, 0.15) is 11.2 Å². The molecular formula is C43H25N3O. The Balaban J connectivity index is 1.13. The summed E-state index contributed by atoms with van der Waals surface area (Å²) in [5.41, 5.74) is 6.97. The van der Waals surface area contributed by atoms with Crippen LogP contribution in [0.1, 0.15) is 0 Å². The molecule has 8 aromatic carbocycles. The van der Waals surface area contributed by atoms with Crippen LogP contribution in [-0.4, -0.2) is 15.0 Å². The van der Waals surface area contributed by atoms with E-state index in [1.807, 2.05) is 60.7 Å². The van der Waals surface area contributed by atoms with E-state index in [1.54, 1.807) is 0 Å². The lowest BCUT2D eigenvalue weighted by atomic mass is 9.90. The molecule has 0 bridgehead atoms. The first-order valence-electron chi connectivity index (χ1n) is 15.8. The summed E-state index contributed by atoms with van der Waals surface area (Å²) in [4.78, 5) is 14.8. The summed E-state index contributed by atoms with van der Waals surface area (Å²) in [6, 6.07) is 52.7. The predicted molar refractivity (Wildman–Crippen MR) is 193 cm³/mol. The van der Waals surface area contributed by atoms with Gasteiger partial charge in [-0.15, -0.1) is 0 Å². The minimum Gasteiger partial charge on any atom is -0.456 e. The summed E-state index contributed by atoms with van der Waals surface area (Å²) >= 11 is 0. The van der Waals surface area contributed by atoms with Crippen LogP contribution in [0.5, 0.6) is 0 Å². The number of benzene rings is 8. The molecular weight excluding hydrogens is 574 g/mol. The van der Waals surface area contributed by atoms with Gasteiger partial charge >= 0.3 is 0 Å². The van der Waals surface area contributed by atoms with Gasteiger partial charge in [0.25, 0.3) is 0 Å². The Morgan fingerprint density at radius 3 is 1.53 bits per heavy atom. The third-order valence-corrected chi connectivity index (χ3v) is 9.26. The molecule has 0 unspecified atom stereocenters. The first kappa shape index (κ1) is 25.9. The molecule has 10 aromatic rings. The largest absolute Gasteiger partial charge is 0.456 e. The van der Waals surface area contributed by atoms with Crippen LogP contribution in [-0.2, 0) is 0 Å². The van der Waals surface area contributed by atoms with Crippen molar-refractivity contribution in [2.24, 2.45) is 0 Å². The number of hydrogen-bond donors (Lipinski definition) is 0. The highest BCUT2D eigenvalue weighted by Crippen LogP contribution is 2.44. The standard InChI is InChI=1S/C43H25N3O/c1-3-10-26(11-4-1)41-44-42(27-12-5-2-6-13-27)46-43(45-41)31-15-7-14-28(25-31)29-20-22-32-30(24-29)21-23-34-33-16-8-18-36-39(33)40-35(38(32)34)17-9-19-37(40)47-36/h1-25H. The van der Waals surface area contributed by atoms with E-state index in [-0.39, 0.29) is 0 Å². The number of nitrogens with zero attached hydrogens (tertiary/aromatic N) is 3. The van der Waals surface area contributed by atoms with Gasteiger partial charge in [0.05, 0.1) is 0 Å². The maximum Gasteiger partial charge on any atom is 0.164 e. The molecule has 0 N–H and O–H groups in total. The third-order valence-electron chi connectivity index (χ3n) is 9.26. The zero-order valence-corrected chi connectivity index (χ0v) is 25.2. The summed E-state index contributed by atoms with van der Waals surface area (Å²) in [5.74, 6) is 1.95. The van der Waals surface area contributed by atoms with E-state index < -0.39 is 0 Å².